The van der Waals surface area contributed by atoms with Crippen molar-refractivity contribution in [3.05, 3.63) is 94.5 Å². The van der Waals surface area contributed by atoms with E-state index in [0.29, 0.717) is 0 Å². The number of aryl methyl sites for hydroxylation is 1. The van der Waals surface area contributed by atoms with Crippen LogP contribution in [0.2, 0.25) is 0 Å². The van der Waals surface area contributed by atoms with Crippen molar-refractivity contribution in [3.63, 3.8) is 0 Å². The molecule has 4 rings (SSSR count). The highest BCUT2D eigenvalue weighted by atomic mass is 32.2. The summed E-state index contributed by atoms with van der Waals surface area (Å²) in [5, 5.41) is 2.57. The fourth-order valence-corrected chi connectivity index (χ4v) is 5.90. The summed E-state index contributed by atoms with van der Waals surface area (Å²) in [5.74, 6) is 0. The van der Waals surface area contributed by atoms with Crippen LogP contribution in [-0.2, 0) is 6.54 Å². The van der Waals surface area contributed by atoms with E-state index in [9.17, 15) is 0 Å². The summed E-state index contributed by atoms with van der Waals surface area (Å²) in [4.78, 5) is 3.70. The van der Waals surface area contributed by atoms with E-state index in [2.05, 4.69) is 115 Å². The Morgan fingerprint density at radius 1 is 1.03 bits per heavy atom. The third kappa shape index (κ3) is 4.30. The molecular formula is C26H27N2S2+. The lowest BCUT2D eigenvalue weighted by Gasteiger charge is -2.17. The molecule has 1 aliphatic rings. The monoisotopic (exact) mass is 431 g/mol. The molecule has 2 aromatic carbocycles. The number of allylic oxidation sites excluding steroid dienone is 6. The van der Waals surface area contributed by atoms with Crippen molar-refractivity contribution in [1.82, 2.24) is 0 Å². The molecule has 2 nitrogen and oxygen atoms in total. The second-order valence-corrected chi connectivity index (χ2v) is 9.22. The third-order valence-electron chi connectivity index (χ3n) is 5.10. The van der Waals surface area contributed by atoms with E-state index in [1.165, 1.54) is 36.4 Å². The topological polar surface area (TPSA) is 7.12 Å². The van der Waals surface area contributed by atoms with E-state index in [1.54, 1.807) is 0 Å². The molecule has 1 aliphatic heterocycles. The molecule has 0 aliphatic carbocycles. The predicted octanol–water partition coefficient (Wildman–Crippen LogP) is 7.20. The van der Waals surface area contributed by atoms with Crippen molar-refractivity contribution in [3.8, 4) is 0 Å². The van der Waals surface area contributed by atoms with Crippen LogP contribution >= 0.6 is 23.1 Å². The molecule has 30 heavy (non-hydrogen) atoms. The largest absolute Gasteiger partial charge is 0.335 e. The lowest BCUT2D eigenvalue weighted by atomic mass is 10.2. The molecule has 0 amide bonds. The normalized spacial score (nSPS) is 15.9. The van der Waals surface area contributed by atoms with Crippen molar-refractivity contribution in [2.75, 3.05) is 11.4 Å². The molecule has 0 radical (unpaired) electrons. The van der Waals surface area contributed by atoms with E-state index in [0.717, 1.165) is 13.1 Å². The van der Waals surface area contributed by atoms with Gasteiger partial charge < -0.3 is 4.90 Å². The Balaban J connectivity index is 1.46. The molecule has 0 spiro atoms. The van der Waals surface area contributed by atoms with Gasteiger partial charge in [0.15, 0.2) is 0 Å². The summed E-state index contributed by atoms with van der Waals surface area (Å²) < 4.78 is 3.70. The summed E-state index contributed by atoms with van der Waals surface area (Å²) in [5.41, 5.74) is 3.86. The van der Waals surface area contributed by atoms with Gasteiger partial charge in [0.25, 0.3) is 5.01 Å². The average molecular weight is 432 g/mol. The summed E-state index contributed by atoms with van der Waals surface area (Å²) >= 11 is 3.69. The van der Waals surface area contributed by atoms with Gasteiger partial charge in [0, 0.05) is 23.6 Å². The molecule has 0 saturated heterocycles. The summed E-state index contributed by atoms with van der Waals surface area (Å²) in [6.07, 6.45) is 13.1. The number of fused-ring (bicyclic) bond motifs is 2. The van der Waals surface area contributed by atoms with Crippen LogP contribution in [0.4, 0.5) is 5.69 Å². The Hall–Kier alpha value is -2.56. The van der Waals surface area contributed by atoms with Gasteiger partial charge in [-0.25, -0.2) is 0 Å². The highest BCUT2D eigenvalue weighted by Crippen LogP contribution is 2.45. The summed E-state index contributed by atoms with van der Waals surface area (Å²) in [6.45, 7) is 8.51. The van der Waals surface area contributed by atoms with Crippen LogP contribution in [0.3, 0.4) is 0 Å². The molecule has 4 heteroatoms. The van der Waals surface area contributed by atoms with Crippen molar-refractivity contribution < 1.29 is 4.57 Å². The predicted molar refractivity (Wildman–Crippen MR) is 133 cm³/mol. The highest BCUT2D eigenvalue weighted by Gasteiger charge is 2.22. The maximum atomic E-state index is 2.37. The highest BCUT2D eigenvalue weighted by molar-refractivity contribution is 8.03. The standard InChI is InChI=1S/C26H27N2S2/c1-4-27-21-14-6-8-16-23(21)29-25(27)18-10-12-20(3)13-11-19-26-28(5-2)22-15-7-9-17-24(22)30-26/h6-19H,4-5H2,1-3H3/q+1. The van der Waals surface area contributed by atoms with Crippen LogP contribution in [-0.4, -0.2) is 6.54 Å². The van der Waals surface area contributed by atoms with E-state index < -0.39 is 0 Å². The number of nitrogens with zero attached hydrogens (tertiary/aromatic N) is 2. The van der Waals surface area contributed by atoms with Crippen molar-refractivity contribution in [2.24, 2.45) is 0 Å². The number of rotatable bonds is 6. The molecule has 2 heterocycles. The Morgan fingerprint density at radius 2 is 1.83 bits per heavy atom. The number of thiazole rings is 1. The number of anilines is 1. The zero-order valence-electron chi connectivity index (χ0n) is 17.7. The first-order chi connectivity index (χ1) is 14.7. The SMILES string of the molecule is CCN1\C(=C/C=C/C(C)=C\C=C\c2sc3ccccc3[n+]2CC)Sc2ccccc21. The maximum absolute atomic E-state index is 2.37. The molecule has 1 aromatic heterocycles. The van der Waals surface area contributed by atoms with Crippen LogP contribution < -0.4 is 9.47 Å². The number of para-hydroxylation sites is 2. The van der Waals surface area contributed by atoms with Gasteiger partial charge in [-0.05, 0) is 45.0 Å². The number of hydrogen-bond donors (Lipinski definition) is 0. The third-order valence-corrected chi connectivity index (χ3v) is 7.36. The number of thioether (sulfide) groups is 1. The number of benzene rings is 2. The Labute approximate surface area is 187 Å². The molecule has 0 N–H and O–H groups in total. The second-order valence-electron chi connectivity index (χ2n) is 7.10. The van der Waals surface area contributed by atoms with Gasteiger partial charge in [0.1, 0.15) is 11.2 Å². The van der Waals surface area contributed by atoms with Gasteiger partial charge >= 0.3 is 0 Å². The van der Waals surface area contributed by atoms with Gasteiger partial charge in [-0.15, -0.1) is 0 Å². The zero-order chi connectivity index (χ0) is 20.9. The minimum atomic E-state index is 0.980. The number of aromatic nitrogens is 1. The molecular weight excluding hydrogens is 404 g/mol. The van der Waals surface area contributed by atoms with Crippen LogP contribution in [0.5, 0.6) is 0 Å². The van der Waals surface area contributed by atoms with Gasteiger partial charge in [-0.1, -0.05) is 77.2 Å². The fraction of sp³-hybridized carbons (Fsp3) is 0.192. The van der Waals surface area contributed by atoms with Crippen LogP contribution in [0.25, 0.3) is 16.3 Å². The van der Waals surface area contributed by atoms with Crippen molar-refractivity contribution >= 4 is 45.1 Å². The van der Waals surface area contributed by atoms with Crippen molar-refractivity contribution in [2.45, 2.75) is 32.2 Å². The maximum Gasteiger partial charge on any atom is 0.262 e. The Kier molecular flexibility index (Phi) is 6.56. The minimum absolute atomic E-state index is 0.980. The quantitative estimate of drug-likeness (QED) is 0.301. The van der Waals surface area contributed by atoms with E-state index >= 15 is 0 Å². The first-order valence-electron chi connectivity index (χ1n) is 10.4. The minimum Gasteiger partial charge on any atom is -0.335 e. The zero-order valence-corrected chi connectivity index (χ0v) is 19.3. The lowest BCUT2D eigenvalue weighted by Crippen LogP contribution is -2.33. The Morgan fingerprint density at radius 3 is 2.67 bits per heavy atom. The van der Waals surface area contributed by atoms with Gasteiger partial charge in [0.05, 0.1) is 10.7 Å². The smallest absolute Gasteiger partial charge is 0.262 e. The van der Waals surface area contributed by atoms with Gasteiger partial charge in [-0.3, -0.25) is 0 Å². The molecule has 0 saturated carbocycles. The number of hydrogen-bond acceptors (Lipinski definition) is 3. The first-order valence-corrected chi connectivity index (χ1v) is 12.0. The molecule has 0 fully saturated rings. The van der Waals surface area contributed by atoms with E-state index in [-0.39, 0.29) is 0 Å². The summed E-state index contributed by atoms with van der Waals surface area (Å²) in [7, 11) is 0. The summed E-state index contributed by atoms with van der Waals surface area (Å²) in [6, 6.07) is 17.2. The van der Waals surface area contributed by atoms with Gasteiger partial charge in [0.2, 0.25) is 5.52 Å². The Bertz CT molecular complexity index is 1160. The molecule has 0 bridgehead atoms. The first kappa shape index (κ1) is 20.7. The van der Waals surface area contributed by atoms with Crippen LogP contribution in [0.1, 0.15) is 25.8 Å². The second kappa shape index (κ2) is 9.50. The molecule has 0 atom stereocenters. The van der Waals surface area contributed by atoms with Gasteiger partial charge in [-0.2, -0.15) is 4.57 Å². The van der Waals surface area contributed by atoms with Crippen LogP contribution in [0.15, 0.2) is 94.4 Å². The average Bonchev–Trinajstić information content (AvgIpc) is 3.30. The fourth-order valence-electron chi connectivity index (χ4n) is 3.63. The van der Waals surface area contributed by atoms with E-state index in [1.807, 2.05) is 23.1 Å². The van der Waals surface area contributed by atoms with E-state index in [4.69, 9.17) is 0 Å². The molecule has 152 valence electrons. The van der Waals surface area contributed by atoms with Crippen LogP contribution in [0, 0.1) is 0 Å². The molecule has 0 unspecified atom stereocenters. The van der Waals surface area contributed by atoms with Crippen molar-refractivity contribution in [1.29, 1.82) is 0 Å². The molecule has 3 aromatic rings. The lowest BCUT2D eigenvalue weighted by molar-refractivity contribution is -0.665.